The van der Waals surface area contributed by atoms with Gasteiger partial charge in [-0.2, -0.15) is 0 Å². The van der Waals surface area contributed by atoms with Gasteiger partial charge in [0.05, 0.1) is 10.4 Å². The number of carbonyl (C=O) groups excluding carboxylic acids is 1. The molecule has 0 aromatic heterocycles. The van der Waals surface area contributed by atoms with E-state index in [4.69, 9.17) is 0 Å². The van der Waals surface area contributed by atoms with Gasteiger partial charge >= 0.3 is 0 Å². The van der Waals surface area contributed by atoms with E-state index in [9.17, 15) is 4.79 Å². The molecule has 1 saturated carbocycles. The highest BCUT2D eigenvalue weighted by Gasteiger charge is 2.31. The molecule has 0 bridgehead atoms. The standard InChI is InChI=1S/C19H26BrNO/c1-15(17-12-8-5-9-13-17)21(18(22)19(2,3)20)14-16-10-6-4-7-11-16/h5,8-9,12-15H,4,6-7,10-11H2,1-3H3/t15-/m0/s1. The van der Waals surface area contributed by atoms with E-state index in [1.165, 1.54) is 30.4 Å². The van der Waals surface area contributed by atoms with Gasteiger partial charge in [0, 0.05) is 6.20 Å². The van der Waals surface area contributed by atoms with Crippen molar-refractivity contribution in [2.75, 3.05) is 0 Å². The molecule has 0 radical (unpaired) electrons. The fourth-order valence-corrected chi connectivity index (χ4v) is 3.08. The molecule has 0 aliphatic heterocycles. The maximum Gasteiger partial charge on any atom is 0.243 e. The highest BCUT2D eigenvalue weighted by Crippen LogP contribution is 2.30. The summed E-state index contributed by atoms with van der Waals surface area (Å²) in [6.07, 6.45) is 8.14. The lowest BCUT2D eigenvalue weighted by Crippen LogP contribution is -2.40. The third kappa shape index (κ3) is 4.45. The van der Waals surface area contributed by atoms with Gasteiger partial charge in [0.25, 0.3) is 0 Å². The van der Waals surface area contributed by atoms with Gasteiger partial charge in [-0.1, -0.05) is 58.3 Å². The van der Waals surface area contributed by atoms with E-state index >= 15 is 0 Å². The zero-order chi connectivity index (χ0) is 16.2. The normalized spacial score (nSPS) is 17.0. The van der Waals surface area contributed by atoms with Crippen molar-refractivity contribution in [1.82, 2.24) is 4.90 Å². The molecule has 1 amide bonds. The van der Waals surface area contributed by atoms with E-state index in [-0.39, 0.29) is 11.9 Å². The van der Waals surface area contributed by atoms with Gasteiger partial charge in [-0.25, -0.2) is 0 Å². The van der Waals surface area contributed by atoms with Gasteiger partial charge in [-0.15, -0.1) is 0 Å². The number of carbonyl (C=O) groups is 1. The van der Waals surface area contributed by atoms with Crippen molar-refractivity contribution in [2.45, 2.75) is 63.2 Å². The molecule has 120 valence electrons. The van der Waals surface area contributed by atoms with Gasteiger partial charge in [0.15, 0.2) is 0 Å². The molecule has 22 heavy (non-hydrogen) atoms. The van der Waals surface area contributed by atoms with Gasteiger partial charge in [0.2, 0.25) is 5.91 Å². The average molecular weight is 364 g/mol. The monoisotopic (exact) mass is 363 g/mol. The number of halogens is 1. The summed E-state index contributed by atoms with van der Waals surface area (Å²) in [5, 5.41) is 0. The second kappa shape index (κ2) is 7.45. The molecule has 1 fully saturated rings. The maximum atomic E-state index is 12.9. The molecule has 3 heteroatoms. The largest absolute Gasteiger partial charge is 0.311 e. The van der Waals surface area contributed by atoms with Crippen molar-refractivity contribution in [3.8, 4) is 0 Å². The van der Waals surface area contributed by atoms with Crippen molar-refractivity contribution < 1.29 is 4.79 Å². The quantitative estimate of drug-likeness (QED) is 0.637. The first-order valence-corrected chi connectivity index (χ1v) is 8.95. The number of hydrogen-bond donors (Lipinski definition) is 0. The minimum atomic E-state index is -0.554. The van der Waals surface area contributed by atoms with E-state index in [0.717, 1.165) is 12.8 Å². The Kier molecular flexibility index (Phi) is 5.85. The van der Waals surface area contributed by atoms with E-state index in [1.807, 2.05) is 36.9 Å². The van der Waals surface area contributed by atoms with Crippen molar-refractivity contribution in [1.29, 1.82) is 0 Å². The van der Waals surface area contributed by atoms with Crippen LogP contribution in [0.3, 0.4) is 0 Å². The molecular formula is C19H26BrNO. The highest BCUT2D eigenvalue weighted by atomic mass is 79.9. The third-order valence-corrected chi connectivity index (χ3v) is 4.60. The van der Waals surface area contributed by atoms with Crippen molar-refractivity contribution >= 4 is 21.8 Å². The minimum absolute atomic E-state index is 0.0416. The molecule has 1 aliphatic rings. The smallest absolute Gasteiger partial charge is 0.243 e. The molecular weight excluding hydrogens is 338 g/mol. The SMILES string of the molecule is C[C@@H](c1ccccc1)N(C=C1CCCCC1)C(=O)C(C)(C)Br. The lowest BCUT2D eigenvalue weighted by Gasteiger charge is -2.32. The minimum Gasteiger partial charge on any atom is -0.311 e. The van der Waals surface area contributed by atoms with Crippen LogP contribution in [0.25, 0.3) is 0 Å². The summed E-state index contributed by atoms with van der Waals surface area (Å²) in [5.74, 6) is 0.113. The Bertz CT molecular complexity index is 522. The van der Waals surface area contributed by atoms with Crippen molar-refractivity contribution in [2.24, 2.45) is 0 Å². The summed E-state index contributed by atoms with van der Waals surface area (Å²) in [7, 11) is 0. The number of nitrogens with zero attached hydrogens (tertiary/aromatic N) is 1. The Morgan fingerprint density at radius 2 is 1.77 bits per heavy atom. The molecule has 1 aromatic carbocycles. The first-order valence-electron chi connectivity index (χ1n) is 8.16. The molecule has 2 rings (SSSR count). The molecule has 0 heterocycles. The van der Waals surface area contributed by atoms with Crippen LogP contribution in [0, 0.1) is 0 Å². The number of alkyl halides is 1. The van der Waals surface area contributed by atoms with E-state index in [0.29, 0.717) is 0 Å². The Balaban J connectivity index is 2.30. The molecule has 0 saturated heterocycles. The molecule has 1 atom stereocenters. The van der Waals surface area contributed by atoms with Crippen LogP contribution < -0.4 is 0 Å². The fourth-order valence-electron chi connectivity index (χ4n) is 2.88. The van der Waals surface area contributed by atoms with Crippen LogP contribution in [0.15, 0.2) is 42.1 Å². The Morgan fingerprint density at radius 1 is 1.18 bits per heavy atom. The van der Waals surface area contributed by atoms with Crippen LogP contribution in [0.5, 0.6) is 0 Å². The summed E-state index contributed by atoms with van der Waals surface area (Å²) in [5.41, 5.74) is 2.57. The lowest BCUT2D eigenvalue weighted by atomic mass is 9.95. The van der Waals surface area contributed by atoms with Crippen molar-refractivity contribution in [3.63, 3.8) is 0 Å². The maximum absolute atomic E-state index is 12.9. The van der Waals surface area contributed by atoms with Crippen LogP contribution in [0.2, 0.25) is 0 Å². The van der Waals surface area contributed by atoms with Gasteiger partial charge in [-0.05, 0) is 52.0 Å². The van der Waals surface area contributed by atoms with Crippen LogP contribution in [0.4, 0.5) is 0 Å². The summed E-state index contributed by atoms with van der Waals surface area (Å²) >= 11 is 3.53. The summed E-state index contributed by atoms with van der Waals surface area (Å²) in [4.78, 5) is 14.8. The van der Waals surface area contributed by atoms with Crippen LogP contribution in [0.1, 0.15) is 64.5 Å². The molecule has 0 N–H and O–H groups in total. The van der Waals surface area contributed by atoms with Crippen molar-refractivity contribution in [3.05, 3.63) is 47.7 Å². The van der Waals surface area contributed by atoms with E-state index in [1.54, 1.807) is 0 Å². The molecule has 1 aromatic rings. The van der Waals surface area contributed by atoms with Gasteiger partial charge < -0.3 is 4.90 Å². The number of allylic oxidation sites excluding steroid dienone is 1. The predicted octanol–water partition coefficient (Wildman–Crippen LogP) is 5.60. The lowest BCUT2D eigenvalue weighted by molar-refractivity contribution is -0.131. The summed E-state index contributed by atoms with van der Waals surface area (Å²) < 4.78 is -0.554. The molecule has 1 aliphatic carbocycles. The average Bonchev–Trinajstić information content (AvgIpc) is 2.52. The molecule has 0 unspecified atom stereocenters. The number of amides is 1. The molecule has 2 nitrogen and oxygen atoms in total. The topological polar surface area (TPSA) is 20.3 Å². The van der Waals surface area contributed by atoms with Crippen LogP contribution in [-0.2, 0) is 4.79 Å². The molecule has 0 spiro atoms. The second-order valence-corrected chi connectivity index (χ2v) is 8.60. The first kappa shape index (κ1) is 17.3. The van der Waals surface area contributed by atoms with E-state index in [2.05, 4.69) is 41.2 Å². The Hall–Kier alpha value is -1.09. The third-order valence-electron chi connectivity index (χ3n) is 4.26. The highest BCUT2D eigenvalue weighted by molar-refractivity contribution is 9.10. The second-order valence-electron chi connectivity index (χ2n) is 6.62. The van der Waals surface area contributed by atoms with E-state index < -0.39 is 4.32 Å². The summed E-state index contributed by atoms with van der Waals surface area (Å²) in [6.45, 7) is 5.94. The predicted molar refractivity (Wildman–Crippen MR) is 95.9 cm³/mol. The Labute approximate surface area is 142 Å². The van der Waals surface area contributed by atoms with Crippen LogP contribution >= 0.6 is 15.9 Å². The number of rotatable bonds is 4. The zero-order valence-electron chi connectivity index (χ0n) is 13.8. The van der Waals surface area contributed by atoms with Gasteiger partial charge in [0.1, 0.15) is 0 Å². The Morgan fingerprint density at radius 3 is 2.32 bits per heavy atom. The number of benzene rings is 1. The van der Waals surface area contributed by atoms with Crippen LogP contribution in [-0.4, -0.2) is 15.1 Å². The fraction of sp³-hybridized carbons (Fsp3) is 0.526. The summed E-state index contributed by atoms with van der Waals surface area (Å²) in [6, 6.07) is 10.3. The zero-order valence-corrected chi connectivity index (χ0v) is 15.4. The first-order chi connectivity index (χ1) is 10.4. The van der Waals surface area contributed by atoms with Gasteiger partial charge in [-0.3, -0.25) is 4.79 Å². The number of hydrogen-bond acceptors (Lipinski definition) is 1.